The van der Waals surface area contributed by atoms with E-state index in [9.17, 15) is 0 Å². The summed E-state index contributed by atoms with van der Waals surface area (Å²) in [6.07, 6.45) is 0. The third-order valence-electron chi connectivity index (χ3n) is 2.99. The molecule has 0 aliphatic heterocycles. The average molecular weight is 341 g/mol. The van der Waals surface area contributed by atoms with Crippen molar-refractivity contribution in [2.24, 2.45) is 0 Å². The molecule has 19 heavy (non-hydrogen) atoms. The molecule has 0 aromatic heterocycles. The molecule has 1 unspecified atom stereocenters. The maximum Gasteiger partial charge on any atom is 0.119 e. The molecule has 0 aliphatic rings. The molecule has 0 aliphatic carbocycles. The number of rotatable bonds is 4. The first-order chi connectivity index (χ1) is 9.15. The summed E-state index contributed by atoms with van der Waals surface area (Å²) >= 11 is 9.49. The first-order valence-corrected chi connectivity index (χ1v) is 7.09. The Bertz CT molecular complexity index is 574. The van der Waals surface area contributed by atoms with Crippen LogP contribution < -0.4 is 10.1 Å². The number of benzene rings is 2. The molecule has 0 spiro atoms. The summed E-state index contributed by atoms with van der Waals surface area (Å²) in [6, 6.07) is 14.1. The molecule has 2 nitrogen and oxygen atoms in total. The Morgan fingerprint density at radius 2 is 1.89 bits per heavy atom. The molecule has 2 aromatic carbocycles. The lowest BCUT2D eigenvalue weighted by atomic mass is 9.99. The molecular formula is C15H15BrClNO. The Kier molecular flexibility index (Phi) is 4.86. The van der Waals surface area contributed by atoms with Crippen LogP contribution in [0.4, 0.5) is 0 Å². The minimum Gasteiger partial charge on any atom is -0.497 e. The van der Waals surface area contributed by atoms with Crippen LogP contribution in [0.3, 0.4) is 0 Å². The highest BCUT2D eigenvalue weighted by Crippen LogP contribution is 2.30. The molecule has 2 rings (SSSR count). The van der Waals surface area contributed by atoms with Gasteiger partial charge in [0.25, 0.3) is 0 Å². The van der Waals surface area contributed by atoms with Gasteiger partial charge in [0, 0.05) is 4.47 Å². The van der Waals surface area contributed by atoms with Crippen LogP contribution in [0, 0.1) is 0 Å². The van der Waals surface area contributed by atoms with Crippen LogP contribution in [-0.4, -0.2) is 14.2 Å². The van der Waals surface area contributed by atoms with Crippen molar-refractivity contribution in [1.29, 1.82) is 0 Å². The molecule has 0 amide bonds. The highest BCUT2D eigenvalue weighted by molar-refractivity contribution is 9.10. The van der Waals surface area contributed by atoms with Gasteiger partial charge in [-0.1, -0.05) is 29.8 Å². The van der Waals surface area contributed by atoms with Gasteiger partial charge in [-0.05, 0) is 58.4 Å². The highest BCUT2D eigenvalue weighted by Gasteiger charge is 2.13. The molecule has 2 aromatic rings. The summed E-state index contributed by atoms with van der Waals surface area (Å²) in [5.74, 6) is 0.853. The van der Waals surface area contributed by atoms with Crippen molar-refractivity contribution >= 4 is 27.5 Å². The highest BCUT2D eigenvalue weighted by atomic mass is 79.9. The van der Waals surface area contributed by atoms with Gasteiger partial charge in [0.15, 0.2) is 0 Å². The Hall–Kier alpha value is -1.03. The predicted molar refractivity (Wildman–Crippen MR) is 83.0 cm³/mol. The predicted octanol–water partition coefficient (Wildman–Crippen LogP) is 4.42. The zero-order valence-corrected chi connectivity index (χ0v) is 13.1. The van der Waals surface area contributed by atoms with E-state index in [4.69, 9.17) is 16.3 Å². The van der Waals surface area contributed by atoms with E-state index in [1.54, 1.807) is 7.11 Å². The summed E-state index contributed by atoms with van der Waals surface area (Å²) in [5.41, 5.74) is 2.29. The van der Waals surface area contributed by atoms with Crippen molar-refractivity contribution < 1.29 is 4.74 Å². The second-order valence-electron chi connectivity index (χ2n) is 4.17. The third-order valence-corrected chi connectivity index (χ3v) is 4.21. The lowest BCUT2D eigenvalue weighted by molar-refractivity contribution is 0.414. The fourth-order valence-electron chi connectivity index (χ4n) is 2.04. The molecule has 0 saturated heterocycles. The Morgan fingerprint density at radius 3 is 2.53 bits per heavy atom. The number of nitrogens with one attached hydrogen (secondary N) is 1. The average Bonchev–Trinajstić information content (AvgIpc) is 2.44. The van der Waals surface area contributed by atoms with E-state index < -0.39 is 0 Å². The minimum absolute atomic E-state index is 0.101. The Labute approximate surface area is 126 Å². The van der Waals surface area contributed by atoms with Crippen molar-refractivity contribution in [3.63, 3.8) is 0 Å². The first kappa shape index (κ1) is 14.4. The lowest BCUT2D eigenvalue weighted by Crippen LogP contribution is -2.17. The van der Waals surface area contributed by atoms with E-state index >= 15 is 0 Å². The maximum atomic E-state index is 6.03. The van der Waals surface area contributed by atoms with E-state index in [0.717, 1.165) is 21.3 Å². The summed E-state index contributed by atoms with van der Waals surface area (Å²) in [5, 5.41) is 4.03. The molecular weight excluding hydrogens is 326 g/mol. The van der Waals surface area contributed by atoms with Gasteiger partial charge in [-0.15, -0.1) is 0 Å². The molecule has 100 valence electrons. The molecule has 0 saturated carbocycles. The molecule has 4 heteroatoms. The molecule has 0 fully saturated rings. The first-order valence-electron chi connectivity index (χ1n) is 5.92. The maximum absolute atomic E-state index is 6.03. The van der Waals surface area contributed by atoms with Crippen LogP contribution in [0.15, 0.2) is 46.9 Å². The van der Waals surface area contributed by atoms with Crippen LogP contribution in [0.2, 0.25) is 5.02 Å². The Morgan fingerprint density at radius 1 is 1.16 bits per heavy atom. The quantitative estimate of drug-likeness (QED) is 0.889. The van der Waals surface area contributed by atoms with Crippen molar-refractivity contribution in [3.05, 3.63) is 63.1 Å². The molecule has 0 bridgehead atoms. The number of ether oxygens (including phenoxy) is 1. The van der Waals surface area contributed by atoms with Gasteiger partial charge in [0.1, 0.15) is 5.75 Å². The standard InChI is InChI=1S/C15H15BrClNO/c1-18-15(10-4-3-5-12(8-10)19-2)11-6-7-14(17)13(16)9-11/h3-9,15,18H,1-2H3. The van der Waals surface area contributed by atoms with Gasteiger partial charge in [-0.2, -0.15) is 0 Å². The Balaban J connectivity index is 2.40. The van der Waals surface area contributed by atoms with Gasteiger partial charge >= 0.3 is 0 Å². The minimum atomic E-state index is 0.101. The number of hydrogen-bond donors (Lipinski definition) is 1. The van der Waals surface area contributed by atoms with E-state index in [1.165, 1.54) is 0 Å². The largest absolute Gasteiger partial charge is 0.497 e. The van der Waals surface area contributed by atoms with Crippen LogP contribution in [0.25, 0.3) is 0 Å². The monoisotopic (exact) mass is 339 g/mol. The smallest absolute Gasteiger partial charge is 0.119 e. The van der Waals surface area contributed by atoms with Crippen LogP contribution in [0.1, 0.15) is 17.2 Å². The van der Waals surface area contributed by atoms with Crippen molar-refractivity contribution in [1.82, 2.24) is 5.32 Å². The summed E-state index contributed by atoms with van der Waals surface area (Å²) < 4.78 is 6.17. The fraction of sp³-hybridized carbons (Fsp3) is 0.200. The fourth-order valence-corrected chi connectivity index (χ4v) is 2.55. The third kappa shape index (κ3) is 3.30. The van der Waals surface area contributed by atoms with Gasteiger partial charge in [0.2, 0.25) is 0 Å². The molecule has 0 radical (unpaired) electrons. The summed E-state index contributed by atoms with van der Waals surface area (Å²) in [4.78, 5) is 0. The van der Waals surface area contributed by atoms with Gasteiger partial charge < -0.3 is 10.1 Å². The van der Waals surface area contributed by atoms with E-state index in [2.05, 4.69) is 27.3 Å². The molecule has 1 N–H and O–H groups in total. The van der Waals surface area contributed by atoms with Crippen LogP contribution in [-0.2, 0) is 0 Å². The number of hydrogen-bond acceptors (Lipinski definition) is 2. The topological polar surface area (TPSA) is 21.3 Å². The van der Waals surface area contributed by atoms with Gasteiger partial charge in [-0.25, -0.2) is 0 Å². The summed E-state index contributed by atoms with van der Waals surface area (Å²) in [7, 11) is 3.61. The van der Waals surface area contributed by atoms with Gasteiger partial charge in [0.05, 0.1) is 18.2 Å². The van der Waals surface area contributed by atoms with E-state index in [-0.39, 0.29) is 6.04 Å². The second kappa shape index (κ2) is 6.42. The summed E-state index contributed by atoms with van der Waals surface area (Å²) in [6.45, 7) is 0. The SMILES string of the molecule is CNC(c1cccc(OC)c1)c1ccc(Cl)c(Br)c1. The number of methoxy groups -OCH3 is 1. The zero-order chi connectivity index (χ0) is 13.8. The molecule has 1 atom stereocenters. The van der Waals surface area contributed by atoms with Gasteiger partial charge in [-0.3, -0.25) is 0 Å². The number of halogens is 2. The lowest BCUT2D eigenvalue weighted by Gasteiger charge is -2.18. The van der Waals surface area contributed by atoms with Crippen LogP contribution in [0.5, 0.6) is 5.75 Å². The van der Waals surface area contributed by atoms with Crippen molar-refractivity contribution in [2.45, 2.75) is 6.04 Å². The van der Waals surface area contributed by atoms with Crippen molar-refractivity contribution in [3.8, 4) is 5.75 Å². The zero-order valence-electron chi connectivity index (χ0n) is 10.8. The second-order valence-corrected chi connectivity index (χ2v) is 5.43. The van der Waals surface area contributed by atoms with Crippen LogP contribution >= 0.6 is 27.5 Å². The molecule has 0 heterocycles. The normalized spacial score (nSPS) is 12.2. The van der Waals surface area contributed by atoms with E-state index in [1.807, 2.05) is 43.4 Å². The van der Waals surface area contributed by atoms with E-state index in [0.29, 0.717) is 5.02 Å². The van der Waals surface area contributed by atoms with Crippen molar-refractivity contribution in [2.75, 3.05) is 14.2 Å².